The van der Waals surface area contributed by atoms with E-state index >= 15 is 0 Å². The number of piperidine rings is 1. The Morgan fingerprint density at radius 2 is 1.88 bits per heavy atom. The number of thioether (sulfide) groups is 1. The fourth-order valence-electron chi connectivity index (χ4n) is 3.24. The Hall–Kier alpha value is -2.31. The van der Waals surface area contributed by atoms with Crippen LogP contribution in [0.3, 0.4) is 0 Å². The SMILES string of the molecule is O=C(c1ccccc1CSc1nc2ccccc2[nH]1)N1CCC(O)CC1. The lowest BCUT2D eigenvalue weighted by molar-refractivity contribution is 0.0546. The molecule has 1 aromatic heterocycles. The van der Waals surface area contributed by atoms with E-state index < -0.39 is 0 Å². The van der Waals surface area contributed by atoms with Crippen LogP contribution in [0.25, 0.3) is 11.0 Å². The van der Waals surface area contributed by atoms with Gasteiger partial charge in [0.1, 0.15) is 0 Å². The first kappa shape index (κ1) is 17.1. The number of hydrogen-bond donors (Lipinski definition) is 2. The number of amides is 1. The van der Waals surface area contributed by atoms with Crippen LogP contribution in [0.15, 0.2) is 53.7 Å². The first-order chi connectivity index (χ1) is 12.7. The highest BCUT2D eigenvalue weighted by molar-refractivity contribution is 7.98. The molecule has 0 bridgehead atoms. The Bertz CT molecular complexity index is 883. The maximum Gasteiger partial charge on any atom is 0.254 e. The van der Waals surface area contributed by atoms with Crippen molar-refractivity contribution in [2.45, 2.75) is 29.9 Å². The van der Waals surface area contributed by atoms with Gasteiger partial charge in [0.25, 0.3) is 5.91 Å². The molecular formula is C20H21N3O2S. The number of nitrogens with zero attached hydrogens (tertiary/aromatic N) is 2. The molecule has 2 N–H and O–H groups in total. The number of benzene rings is 2. The molecule has 0 spiro atoms. The molecule has 1 aliphatic heterocycles. The number of carbonyl (C=O) groups excluding carboxylic acids is 1. The van der Waals surface area contributed by atoms with Crippen molar-refractivity contribution in [2.75, 3.05) is 13.1 Å². The van der Waals surface area contributed by atoms with E-state index in [4.69, 9.17) is 0 Å². The summed E-state index contributed by atoms with van der Waals surface area (Å²) >= 11 is 1.60. The van der Waals surface area contributed by atoms with E-state index in [9.17, 15) is 9.90 Å². The molecule has 1 amide bonds. The minimum atomic E-state index is -0.280. The van der Waals surface area contributed by atoms with Crippen LogP contribution in [0.2, 0.25) is 0 Å². The topological polar surface area (TPSA) is 69.2 Å². The summed E-state index contributed by atoms with van der Waals surface area (Å²) < 4.78 is 0. The van der Waals surface area contributed by atoms with Crippen LogP contribution in [0, 0.1) is 0 Å². The molecule has 4 rings (SSSR count). The molecule has 1 saturated heterocycles. The van der Waals surface area contributed by atoms with E-state index in [1.807, 2.05) is 53.4 Å². The van der Waals surface area contributed by atoms with Crippen molar-refractivity contribution in [3.05, 3.63) is 59.7 Å². The third-order valence-corrected chi connectivity index (χ3v) is 5.65. The maximum absolute atomic E-state index is 12.9. The van der Waals surface area contributed by atoms with Gasteiger partial charge in [0, 0.05) is 24.4 Å². The third kappa shape index (κ3) is 3.61. The number of likely N-dealkylation sites (tertiary alicyclic amines) is 1. The summed E-state index contributed by atoms with van der Waals surface area (Å²) in [6.07, 6.45) is 1.03. The predicted molar refractivity (Wildman–Crippen MR) is 103 cm³/mol. The Morgan fingerprint density at radius 3 is 2.69 bits per heavy atom. The van der Waals surface area contributed by atoms with Gasteiger partial charge in [-0.15, -0.1) is 0 Å². The molecule has 0 atom stereocenters. The Labute approximate surface area is 156 Å². The monoisotopic (exact) mass is 367 g/mol. The van der Waals surface area contributed by atoms with E-state index in [2.05, 4.69) is 9.97 Å². The molecule has 134 valence electrons. The summed E-state index contributed by atoms with van der Waals surface area (Å²) in [5.74, 6) is 0.732. The maximum atomic E-state index is 12.9. The van der Waals surface area contributed by atoms with Gasteiger partial charge in [-0.3, -0.25) is 4.79 Å². The molecule has 5 nitrogen and oxygen atoms in total. The number of aliphatic hydroxyl groups excluding tert-OH is 1. The van der Waals surface area contributed by atoms with Crippen molar-refractivity contribution >= 4 is 28.7 Å². The number of carbonyl (C=O) groups is 1. The lowest BCUT2D eigenvalue weighted by Crippen LogP contribution is -2.40. The lowest BCUT2D eigenvalue weighted by atomic mass is 10.0. The van der Waals surface area contributed by atoms with Crippen LogP contribution in [-0.2, 0) is 5.75 Å². The van der Waals surface area contributed by atoms with Crippen molar-refractivity contribution in [3.63, 3.8) is 0 Å². The van der Waals surface area contributed by atoms with Gasteiger partial charge >= 0.3 is 0 Å². The minimum absolute atomic E-state index is 0.0534. The van der Waals surface area contributed by atoms with Gasteiger partial charge < -0.3 is 15.0 Å². The van der Waals surface area contributed by atoms with Crippen LogP contribution < -0.4 is 0 Å². The molecule has 1 aliphatic rings. The molecule has 0 radical (unpaired) electrons. The molecule has 2 aromatic carbocycles. The van der Waals surface area contributed by atoms with E-state index in [1.54, 1.807) is 11.8 Å². The zero-order valence-electron chi connectivity index (χ0n) is 14.4. The van der Waals surface area contributed by atoms with Crippen LogP contribution in [-0.4, -0.2) is 45.1 Å². The number of aromatic nitrogens is 2. The molecule has 0 unspecified atom stereocenters. The summed E-state index contributed by atoms with van der Waals surface area (Å²) in [4.78, 5) is 22.6. The van der Waals surface area contributed by atoms with Crippen molar-refractivity contribution in [1.82, 2.24) is 14.9 Å². The van der Waals surface area contributed by atoms with Crippen molar-refractivity contribution in [2.24, 2.45) is 0 Å². The third-order valence-electron chi connectivity index (χ3n) is 4.73. The molecule has 0 aliphatic carbocycles. The highest BCUT2D eigenvalue weighted by atomic mass is 32.2. The fourth-order valence-corrected chi connectivity index (χ4v) is 4.13. The average Bonchev–Trinajstić information content (AvgIpc) is 3.10. The summed E-state index contributed by atoms with van der Waals surface area (Å²) in [7, 11) is 0. The summed E-state index contributed by atoms with van der Waals surface area (Å²) in [6.45, 7) is 1.23. The van der Waals surface area contributed by atoms with Crippen LogP contribution in [0.5, 0.6) is 0 Å². The first-order valence-electron chi connectivity index (χ1n) is 8.83. The predicted octanol–water partition coefficient (Wildman–Crippen LogP) is 3.45. The van der Waals surface area contributed by atoms with E-state index in [1.165, 1.54) is 0 Å². The summed E-state index contributed by atoms with van der Waals surface area (Å²) in [5.41, 5.74) is 3.72. The van der Waals surface area contributed by atoms with Crippen molar-refractivity contribution in [1.29, 1.82) is 0 Å². The van der Waals surface area contributed by atoms with Gasteiger partial charge in [-0.25, -0.2) is 4.98 Å². The Balaban J connectivity index is 1.49. The van der Waals surface area contributed by atoms with Gasteiger partial charge in [-0.1, -0.05) is 42.1 Å². The number of fused-ring (bicyclic) bond motifs is 1. The molecule has 26 heavy (non-hydrogen) atoms. The standard InChI is InChI=1S/C20H21N3O2S/c24-15-9-11-23(12-10-15)19(25)16-6-2-1-5-14(16)13-26-20-21-17-7-3-4-8-18(17)22-20/h1-8,15,24H,9-13H2,(H,21,22). The van der Waals surface area contributed by atoms with E-state index in [-0.39, 0.29) is 12.0 Å². The number of aliphatic hydroxyl groups is 1. The Kier molecular flexibility index (Phi) is 4.95. The number of imidazole rings is 1. The van der Waals surface area contributed by atoms with Crippen LogP contribution in [0.4, 0.5) is 0 Å². The molecule has 6 heteroatoms. The molecule has 2 heterocycles. The smallest absolute Gasteiger partial charge is 0.254 e. The Morgan fingerprint density at radius 1 is 1.15 bits per heavy atom. The number of H-pyrrole nitrogens is 1. The highest BCUT2D eigenvalue weighted by Crippen LogP contribution is 2.25. The first-order valence-corrected chi connectivity index (χ1v) is 9.82. The number of hydrogen-bond acceptors (Lipinski definition) is 4. The van der Waals surface area contributed by atoms with Gasteiger partial charge in [-0.2, -0.15) is 0 Å². The van der Waals surface area contributed by atoms with Crippen LogP contribution in [0.1, 0.15) is 28.8 Å². The molecule has 3 aromatic rings. The van der Waals surface area contributed by atoms with E-state index in [0.717, 1.165) is 27.3 Å². The van der Waals surface area contributed by atoms with Crippen molar-refractivity contribution < 1.29 is 9.90 Å². The number of nitrogens with one attached hydrogen (secondary N) is 1. The molecular weight excluding hydrogens is 346 g/mol. The zero-order valence-corrected chi connectivity index (χ0v) is 15.2. The summed E-state index contributed by atoms with van der Waals surface area (Å²) in [5, 5.41) is 10.5. The fraction of sp³-hybridized carbons (Fsp3) is 0.300. The quantitative estimate of drug-likeness (QED) is 0.693. The van der Waals surface area contributed by atoms with Gasteiger partial charge in [0.05, 0.1) is 17.1 Å². The van der Waals surface area contributed by atoms with E-state index in [0.29, 0.717) is 31.7 Å². The molecule has 0 saturated carbocycles. The minimum Gasteiger partial charge on any atom is -0.393 e. The van der Waals surface area contributed by atoms with Gasteiger partial charge in [0.2, 0.25) is 0 Å². The number of aromatic amines is 1. The van der Waals surface area contributed by atoms with Crippen molar-refractivity contribution in [3.8, 4) is 0 Å². The zero-order chi connectivity index (χ0) is 17.9. The second-order valence-corrected chi connectivity index (χ2v) is 7.49. The van der Waals surface area contributed by atoms with Crippen LogP contribution >= 0.6 is 11.8 Å². The second kappa shape index (κ2) is 7.51. The summed E-state index contributed by atoms with van der Waals surface area (Å²) in [6, 6.07) is 15.7. The normalized spacial score (nSPS) is 15.5. The molecule has 1 fully saturated rings. The largest absolute Gasteiger partial charge is 0.393 e. The lowest BCUT2D eigenvalue weighted by Gasteiger charge is -2.30. The number of rotatable bonds is 4. The second-order valence-electron chi connectivity index (χ2n) is 6.53. The number of para-hydroxylation sites is 2. The highest BCUT2D eigenvalue weighted by Gasteiger charge is 2.23. The van der Waals surface area contributed by atoms with Gasteiger partial charge in [-0.05, 0) is 36.6 Å². The average molecular weight is 367 g/mol. The van der Waals surface area contributed by atoms with Gasteiger partial charge in [0.15, 0.2) is 5.16 Å².